The number of aliphatic carboxylic acids is 2. The second-order valence-corrected chi connectivity index (χ2v) is 26.1. The van der Waals surface area contributed by atoms with Gasteiger partial charge in [0, 0.05) is 77.1 Å². The Morgan fingerprint density at radius 2 is 1.10 bits per heavy atom. The topological polar surface area (TPSA) is 404 Å². The maximum Gasteiger partial charge on any atom is 0.326 e. The summed E-state index contributed by atoms with van der Waals surface area (Å²) in [4.78, 5) is 117. The van der Waals surface area contributed by atoms with Crippen molar-refractivity contribution < 1.29 is 76.0 Å². The van der Waals surface area contributed by atoms with Crippen molar-refractivity contribution in [1.29, 1.82) is 0 Å². The molecule has 94 heavy (non-hydrogen) atoms. The van der Waals surface area contributed by atoms with Gasteiger partial charge in [0.2, 0.25) is 39.6 Å². The number of rotatable bonds is 60. The average molecular weight is 1350 g/mol. The number of ether oxygens (including phenoxy) is 2. The normalized spacial score (nSPS) is 12.1. The third kappa shape index (κ3) is 49.8. The standard InChI is InChI=1S/C39H72N6O7S.C28H42N4O9/c1-2-26-34(39(49)50)33-35(46)27-21-17-13-9-8-12-16-20-24-31-40-37(47)30-25-32-53(51,52)43-38(48)29-23-19-15-11-7-5-3-4-6-10-14-18-22-28-36-41-44-45-42-36;1-19-8-10-21(11-9-19)27(37)30-14-4-3-7-23(26(29)36)32-25(35)18-41-17-16-40-15-5-6-22(34)12-13-24(28(38)39)31-20(2)33/h34H,2-33H2,1H3,(H,40,47)(H,43,48)(H,49,50)(H,41,42,44,45);8-11,23-24H,3-7,12-18H2,1-2H3,(H2,29,36)(H,30,37)(H,31,33)(H,32,35)(H,38,39). The highest BCUT2D eigenvalue weighted by Gasteiger charge is 2.22. The number of nitrogens with two attached hydrogens (primary N) is 1. The molecule has 0 saturated carbocycles. The Labute approximate surface area is 557 Å². The van der Waals surface area contributed by atoms with Gasteiger partial charge in [-0.2, -0.15) is 5.21 Å². The first-order valence-corrected chi connectivity index (χ1v) is 36.1. The highest BCUT2D eigenvalue weighted by molar-refractivity contribution is 7.90. The number of H-pyrrole nitrogens is 1. The van der Waals surface area contributed by atoms with Gasteiger partial charge in [0.1, 0.15) is 30.3 Å². The molecule has 0 aliphatic heterocycles. The maximum atomic E-state index is 12.3. The van der Waals surface area contributed by atoms with Crippen LogP contribution < -0.4 is 31.7 Å². The van der Waals surface area contributed by atoms with Gasteiger partial charge >= 0.3 is 11.9 Å². The zero-order valence-corrected chi connectivity index (χ0v) is 57.4. The number of carbonyl (C=O) groups is 10. The number of carboxylic acids is 2. The van der Waals surface area contributed by atoms with E-state index in [4.69, 9.17) is 20.3 Å². The lowest BCUT2D eigenvalue weighted by Gasteiger charge is -2.15. The Kier molecular flexibility index (Phi) is 50.4. The number of benzene rings is 1. The largest absolute Gasteiger partial charge is 0.481 e. The molecule has 3 atom stereocenters. The third-order valence-electron chi connectivity index (χ3n) is 15.6. The number of hydrogen-bond donors (Lipinski definition) is 9. The van der Waals surface area contributed by atoms with Crippen molar-refractivity contribution in [1.82, 2.24) is 46.6 Å². The predicted molar refractivity (Wildman–Crippen MR) is 357 cm³/mol. The summed E-state index contributed by atoms with van der Waals surface area (Å²) in [6, 6.07) is 5.28. The van der Waals surface area contributed by atoms with Gasteiger partial charge in [0.15, 0.2) is 5.82 Å². The molecule has 0 bridgehead atoms. The van der Waals surface area contributed by atoms with E-state index < -0.39 is 63.6 Å². The van der Waals surface area contributed by atoms with Gasteiger partial charge < -0.3 is 46.7 Å². The zero-order valence-electron chi connectivity index (χ0n) is 56.6. The van der Waals surface area contributed by atoms with Crippen LogP contribution in [0.4, 0.5) is 0 Å². The summed E-state index contributed by atoms with van der Waals surface area (Å²) in [5, 5.41) is 42.7. The number of carboxylic acid groups (broad SMARTS) is 2. The summed E-state index contributed by atoms with van der Waals surface area (Å²) in [6.07, 6.45) is 29.7. The molecule has 0 aliphatic carbocycles. The van der Waals surface area contributed by atoms with Gasteiger partial charge in [-0.3, -0.25) is 47.9 Å². The Balaban J connectivity index is 0.000000971. The van der Waals surface area contributed by atoms with Crippen molar-refractivity contribution >= 4 is 69.0 Å². The minimum absolute atomic E-state index is 0.0217. The molecule has 0 spiro atoms. The Hall–Kier alpha value is -6.74. The van der Waals surface area contributed by atoms with Crippen LogP contribution in [0.15, 0.2) is 24.3 Å². The molecule has 0 aliphatic rings. The molecule has 1 aromatic heterocycles. The molecule has 0 radical (unpaired) electrons. The molecule has 1 heterocycles. The highest BCUT2D eigenvalue weighted by atomic mass is 32.2. The van der Waals surface area contributed by atoms with E-state index in [-0.39, 0.29) is 101 Å². The van der Waals surface area contributed by atoms with Crippen LogP contribution in [0.3, 0.4) is 0 Å². The summed E-state index contributed by atoms with van der Waals surface area (Å²) < 4.78 is 37.3. The molecular formula is C67H114N10O16S. The minimum Gasteiger partial charge on any atom is -0.481 e. The minimum atomic E-state index is -3.74. The van der Waals surface area contributed by atoms with Crippen molar-refractivity contribution in [3.05, 3.63) is 41.2 Å². The van der Waals surface area contributed by atoms with E-state index in [1.54, 1.807) is 12.1 Å². The average Bonchev–Trinajstić information content (AvgIpc) is 3.01. The lowest BCUT2D eigenvalue weighted by molar-refractivity contribution is -0.144. The lowest BCUT2D eigenvalue weighted by Crippen LogP contribution is -2.45. The second kappa shape index (κ2) is 55.5. The summed E-state index contributed by atoms with van der Waals surface area (Å²) in [7, 11) is -3.74. The number of aryl methyl sites for hydroxylation is 2. The number of Topliss-reactive ketones (excluding diaryl/α,β-unsaturated/α-hetero) is 2. The number of primary amides is 1. The van der Waals surface area contributed by atoms with E-state index in [0.29, 0.717) is 63.6 Å². The SMILES string of the molecule is CC(=O)NC(CCC(=O)CCCOCCOCC(=O)NC(CCCCNC(=O)c1ccc(C)cc1)C(N)=O)C(=O)O.CCCC(CC(=O)CCCCCCCCCCCNC(=O)CCCS(=O)(=O)NC(=O)CCCCCCCCCCCCCCCc1nn[nH]n1)C(=O)O. The third-order valence-corrected chi connectivity index (χ3v) is 17.0. The second-order valence-electron chi connectivity index (χ2n) is 24.3. The molecule has 10 N–H and O–H groups in total. The fourth-order valence-electron chi connectivity index (χ4n) is 10.2. The quantitative estimate of drug-likeness (QED) is 0.0280. The number of nitrogens with one attached hydrogen (secondary N) is 6. The van der Waals surface area contributed by atoms with Crippen LogP contribution in [0, 0.1) is 12.8 Å². The molecular weight excluding hydrogens is 1230 g/mol. The molecule has 6 amide bonds. The van der Waals surface area contributed by atoms with Crippen molar-refractivity contribution in [3.63, 3.8) is 0 Å². The van der Waals surface area contributed by atoms with Crippen LogP contribution >= 0.6 is 0 Å². The number of aromatic nitrogens is 4. The molecule has 0 saturated heterocycles. The summed E-state index contributed by atoms with van der Waals surface area (Å²) >= 11 is 0. The van der Waals surface area contributed by atoms with Crippen molar-refractivity contribution in [3.8, 4) is 0 Å². The Bertz CT molecular complexity index is 2560. The number of amides is 6. The Morgan fingerprint density at radius 1 is 0.553 bits per heavy atom. The number of sulfonamides is 1. The molecule has 2 rings (SSSR count). The number of unbranched alkanes of at least 4 members (excludes halogenated alkanes) is 21. The number of nitrogens with zero attached hydrogens (tertiary/aromatic N) is 3. The van der Waals surface area contributed by atoms with E-state index in [1.807, 2.05) is 26.0 Å². The lowest BCUT2D eigenvalue weighted by atomic mass is 9.95. The van der Waals surface area contributed by atoms with Gasteiger partial charge in [-0.1, -0.05) is 152 Å². The number of tetrazole rings is 1. The van der Waals surface area contributed by atoms with E-state index in [2.05, 4.69) is 46.6 Å². The number of aromatic amines is 1. The maximum absolute atomic E-state index is 12.3. The van der Waals surface area contributed by atoms with Crippen molar-refractivity contribution in [2.45, 2.75) is 270 Å². The van der Waals surface area contributed by atoms with Gasteiger partial charge in [-0.25, -0.2) is 13.2 Å². The van der Waals surface area contributed by atoms with Crippen LogP contribution in [0.2, 0.25) is 0 Å². The van der Waals surface area contributed by atoms with E-state index >= 15 is 0 Å². The number of hydrogen-bond acceptors (Lipinski definition) is 17. The van der Waals surface area contributed by atoms with E-state index in [0.717, 1.165) is 108 Å². The van der Waals surface area contributed by atoms with Crippen molar-refractivity contribution in [2.75, 3.05) is 45.3 Å². The molecule has 3 unspecified atom stereocenters. The molecule has 1 aromatic carbocycles. The highest BCUT2D eigenvalue weighted by Crippen LogP contribution is 2.17. The molecule has 534 valence electrons. The molecule has 0 fully saturated rings. The van der Waals surface area contributed by atoms with Crippen LogP contribution in [0.5, 0.6) is 0 Å². The summed E-state index contributed by atoms with van der Waals surface area (Å²) in [5.41, 5.74) is 7.03. The summed E-state index contributed by atoms with van der Waals surface area (Å²) in [6.45, 7) is 6.40. The Morgan fingerprint density at radius 3 is 1.66 bits per heavy atom. The van der Waals surface area contributed by atoms with Crippen LogP contribution in [-0.2, 0) is 69.1 Å². The van der Waals surface area contributed by atoms with E-state index in [1.165, 1.54) is 58.3 Å². The van der Waals surface area contributed by atoms with Crippen molar-refractivity contribution in [2.24, 2.45) is 11.7 Å². The summed E-state index contributed by atoms with van der Waals surface area (Å²) in [5.74, 6) is -4.55. The van der Waals surface area contributed by atoms with Crippen LogP contribution in [0.1, 0.15) is 267 Å². The fourth-order valence-corrected chi connectivity index (χ4v) is 11.3. The fraction of sp³-hybridized carbons (Fsp3) is 0.746. The first-order chi connectivity index (χ1) is 45.1. The van der Waals surface area contributed by atoms with Gasteiger partial charge in [0.25, 0.3) is 5.91 Å². The first-order valence-electron chi connectivity index (χ1n) is 34.5. The molecule has 26 nitrogen and oxygen atoms in total. The molecule has 27 heteroatoms. The number of carbonyl (C=O) groups excluding carboxylic acids is 8. The predicted octanol–water partition coefficient (Wildman–Crippen LogP) is 8.52. The monoisotopic (exact) mass is 1350 g/mol. The van der Waals surface area contributed by atoms with E-state index in [9.17, 15) is 61.5 Å². The van der Waals surface area contributed by atoms with Crippen LogP contribution in [0.25, 0.3) is 0 Å². The first kappa shape index (κ1) is 85.3. The van der Waals surface area contributed by atoms with Gasteiger partial charge in [-0.05, 0) is 89.7 Å². The van der Waals surface area contributed by atoms with Gasteiger partial charge in [-0.15, -0.1) is 10.2 Å². The number of ketones is 2. The van der Waals surface area contributed by atoms with Gasteiger partial charge in [0.05, 0.1) is 24.9 Å². The zero-order chi connectivity index (χ0) is 69.5. The smallest absolute Gasteiger partial charge is 0.326 e. The molecule has 2 aromatic rings. The van der Waals surface area contributed by atoms with Crippen LogP contribution in [-0.4, -0.2) is 156 Å².